The summed E-state index contributed by atoms with van der Waals surface area (Å²) in [6.07, 6.45) is 2.64. The number of nitrogens with one attached hydrogen (secondary N) is 1. The van der Waals surface area contributed by atoms with Crippen LogP contribution in [-0.2, 0) is 6.54 Å². The lowest BCUT2D eigenvalue weighted by molar-refractivity contribution is 0.240. The van der Waals surface area contributed by atoms with Crippen molar-refractivity contribution in [2.24, 2.45) is 0 Å². The maximum absolute atomic E-state index is 4.75. The third-order valence-electron chi connectivity index (χ3n) is 3.81. The highest BCUT2D eigenvalue weighted by Crippen LogP contribution is 2.25. The van der Waals surface area contributed by atoms with Crippen molar-refractivity contribution in [2.75, 3.05) is 19.6 Å². The fraction of sp³-hybridized carbons (Fsp3) is 0.533. The van der Waals surface area contributed by atoms with E-state index in [1.54, 1.807) is 0 Å². The molecule has 0 radical (unpaired) electrons. The summed E-state index contributed by atoms with van der Waals surface area (Å²) >= 11 is 1.84. The van der Waals surface area contributed by atoms with Crippen LogP contribution in [0.2, 0.25) is 0 Å². The smallest absolute Gasteiger partial charge is 0.108 e. The summed E-state index contributed by atoms with van der Waals surface area (Å²) in [5, 5.41) is 4.73. The van der Waals surface area contributed by atoms with Crippen molar-refractivity contribution in [1.29, 1.82) is 0 Å². The van der Waals surface area contributed by atoms with Gasteiger partial charge in [-0.25, -0.2) is 4.98 Å². The molecule has 1 unspecified atom stereocenters. The van der Waals surface area contributed by atoms with Crippen LogP contribution in [0.25, 0.3) is 10.2 Å². The Bertz CT molecular complexity index is 504. The highest BCUT2D eigenvalue weighted by Gasteiger charge is 2.24. The average Bonchev–Trinajstić information content (AvgIpc) is 3.02. The summed E-state index contributed by atoms with van der Waals surface area (Å²) in [6.45, 7) is 6.57. The van der Waals surface area contributed by atoms with E-state index in [0.717, 1.165) is 25.2 Å². The van der Waals surface area contributed by atoms with Crippen molar-refractivity contribution < 1.29 is 0 Å². The monoisotopic (exact) mass is 275 g/mol. The molecule has 1 aromatic heterocycles. The molecule has 1 atom stereocenters. The van der Waals surface area contributed by atoms with Crippen LogP contribution in [0.3, 0.4) is 0 Å². The number of likely N-dealkylation sites (tertiary alicyclic amines) is 1. The topological polar surface area (TPSA) is 28.2 Å². The second-order valence-corrected chi connectivity index (χ2v) is 6.26. The molecule has 19 heavy (non-hydrogen) atoms. The first-order valence-corrected chi connectivity index (χ1v) is 7.97. The highest BCUT2D eigenvalue weighted by molar-refractivity contribution is 7.18. The largest absolute Gasteiger partial charge is 0.315 e. The lowest BCUT2D eigenvalue weighted by Crippen LogP contribution is -2.37. The van der Waals surface area contributed by atoms with Gasteiger partial charge in [-0.3, -0.25) is 4.90 Å². The Labute approximate surface area is 118 Å². The van der Waals surface area contributed by atoms with Gasteiger partial charge in [0.1, 0.15) is 5.01 Å². The number of fused-ring (bicyclic) bond motifs is 1. The van der Waals surface area contributed by atoms with E-state index in [4.69, 9.17) is 4.98 Å². The van der Waals surface area contributed by atoms with E-state index in [1.165, 1.54) is 29.1 Å². The minimum atomic E-state index is 0.687. The van der Waals surface area contributed by atoms with Gasteiger partial charge in [-0.2, -0.15) is 0 Å². The molecule has 1 aromatic carbocycles. The summed E-state index contributed by atoms with van der Waals surface area (Å²) in [5.74, 6) is 0. The van der Waals surface area contributed by atoms with Gasteiger partial charge in [0.05, 0.1) is 16.8 Å². The van der Waals surface area contributed by atoms with E-state index < -0.39 is 0 Å². The van der Waals surface area contributed by atoms with Crippen molar-refractivity contribution >= 4 is 21.6 Å². The summed E-state index contributed by atoms with van der Waals surface area (Å²) < 4.78 is 1.31. The Morgan fingerprint density at radius 1 is 1.42 bits per heavy atom. The zero-order valence-corrected chi connectivity index (χ0v) is 12.2. The van der Waals surface area contributed by atoms with Crippen molar-refractivity contribution in [1.82, 2.24) is 15.2 Å². The number of hydrogen-bond donors (Lipinski definition) is 1. The van der Waals surface area contributed by atoms with E-state index in [1.807, 2.05) is 11.3 Å². The average molecular weight is 275 g/mol. The van der Waals surface area contributed by atoms with Crippen molar-refractivity contribution in [3.05, 3.63) is 29.3 Å². The molecule has 0 spiro atoms. The SMILES string of the molecule is CCNCC1CCCN1Cc1nc2ccccc2s1. The molecule has 1 N–H and O–H groups in total. The minimum Gasteiger partial charge on any atom is -0.315 e. The van der Waals surface area contributed by atoms with E-state index in [-0.39, 0.29) is 0 Å². The zero-order valence-electron chi connectivity index (χ0n) is 11.4. The molecule has 2 heterocycles. The van der Waals surface area contributed by atoms with Crippen LogP contribution >= 0.6 is 11.3 Å². The molecular formula is C15H21N3S. The molecular weight excluding hydrogens is 254 g/mol. The number of likely N-dealkylation sites (N-methyl/N-ethyl adjacent to an activating group) is 1. The predicted octanol–water partition coefficient (Wildman–Crippen LogP) is 2.87. The Hall–Kier alpha value is -0.970. The molecule has 0 amide bonds. The van der Waals surface area contributed by atoms with E-state index >= 15 is 0 Å². The number of thiazole rings is 1. The van der Waals surface area contributed by atoms with Gasteiger partial charge in [0.2, 0.25) is 0 Å². The molecule has 3 rings (SSSR count). The lowest BCUT2D eigenvalue weighted by atomic mass is 10.2. The van der Waals surface area contributed by atoms with Crippen LogP contribution in [0.15, 0.2) is 24.3 Å². The maximum atomic E-state index is 4.75. The standard InChI is InChI=1S/C15H21N3S/c1-2-16-10-12-6-5-9-18(12)11-15-17-13-7-3-4-8-14(13)19-15/h3-4,7-8,12,16H,2,5-6,9-11H2,1H3. The molecule has 1 aliphatic heterocycles. The third kappa shape index (κ3) is 2.96. The fourth-order valence-electron chi connectivity index (χ4n) is 2.81. The molecule has 1 saturated heterocycles. The van der Waals surface area contributed by atoms with Crippen molar-refractivity contribution in [3.8, 4) is 0 Å². The fourth-order valence-corrected chi connectivity index (χ4v) is 3.80. The van der Waals surface area contributed by atoms with Crippen LogP contribution in [0.1, 0.15) is 24.8 Å². The summed E-state index contributed by atoms with van der Waals surface area (Å²) in [4.78, 5) is 7.33. The number of para-hydroxylation sites is 1. The summed E-state index contributed by atoms with van der Waals surface area (Å²) in [7, 11) is 0. The van der Waals surface area contributed by atoms with Crippen LogP contribution in [0.5, 0.6) is 0 Å². The van der Waals surface area contributed by atoms with Gasteiger partial charge in [-0.05, 0) is 38.1 Å². The summed E-state index contributed by atoms with van der Waals surface area (Å²) in [6, 6.07) is 9.11. The van der Waals surface area contributed by atoms with Gasteiger partial charge >= 0.3 is 0 Å². The first kappa shape index (κ1) is 13.0. The van der Waals surface area contributed by atoms with Crippen molar-refractivity contribution in [3.63, 3.8) is 0 Å². The number of rotatable bonds is 5. The first-order chi connectivity index (χ1) is 9.36. The van der Waals surface area contributed by atoms with Gasteiger partial charge in [-0.15, -0.1) is 11.3 Å². The van der Waals surface area contributed by atoms with Gasteiger partial charge in [-0.1, -0.05) is 19.1 Å². The maximum Gasteiger partial charge on any atom is 0.108 e. The molecule has 0 bridgehead atoms. The Morgan fingerprint density at radius 2 is 2.32 bits per heavy atom. The van der Waals surface area contributed by atoms with Crippen LogP contribution < -0.4 is 5.32 Å². The normalized spacial score (nSPS) is 20.4. The molecule has 1 fully saturated rings. The van der Waals surface area contributed by atoms with E-state index in [9.17, 15) is 0 Å². The Morgan fingerprint density at radius 3 is 3.16 bits per heavy atom. The number of aromatic nitrogens is 1. The van der Waals surface area contributed by atoms with Crippen LogP contribution in [0, 0.1) is 0 Å². The molecule has 2 aromatic rings. The Kier molecular flexibility index (Phi) is 4.11. The quantitative estimate of drug-likeness (QED) is 0.909. The van der Waals surface area contributed by atoms with Crippen LogP contribution in [-0.4, -0.2) is 35.6 Å². The molecule has 4 heteroatoms. The predicted molar refractivity (Wildman–Crippen MR) is 81.6 cm³/mol. The van der Waals surface area contributed by atoms with Gasteiger partial charge in [0.15, 0.2) is 0 Å². The molecule has 0 aliphatic carbocycles. The Balaban J connectivity index is 1.69. The van der Waals surface area contributed by atoms with E-state index in [2.05, 4.69) is 41.4 Å². The number of hydrogen-bond acceptors (Lipinski definition) is 4. The van der Waals surface area contributed by atoms with E-state index in [0.29, 0.717) is 6.04 Å². The zero-order chi connectivity index (χ0) is 13.1. The third-order valence-corrected chi connectivity index (χ3v) is 4.83. The highest BCUT2D eigenvalue weighted by atomic mass is 32.1. The molecule has 0 saturated carbocycles. The minimum absolute atomic E-state index is 0.687. The van der Waals surface area contributed by atoms with Gasteiger partial charge < -0.3 is 5.32 Å². The number of benzene rings is 1. The van der Waals surface area contributed by atoms with Crippen LogP contribution in [0.4, 0.5) is 0 Å². The lowest BCUT2D eigenvalue weighted by Gasteiger charge is -2.23. The molecule has 102 valence electrons. The van der Waals surface area contributed by atoms with Gasteiger partial charge in [0.25, 0.3) is 0 Å². The number of nitrogens with zero attached hydrogens (tertiary/aromatic N) is 2. The van der Waals surface area contributed by atoms with Gasteiger partial charge in [0, 0.05) is 12.6 Å². The molecule has 1 aliphatic rings. The molecule has 3 nitrogen and oxygen atoms in total. The first-order valence-electron chi connectivity index (χ1n) is 7.16. The second-order valence-electron chi connectivity index (χ2n) is 5.15. The van der Waals surface area contributed by atoms with Crippen molar-refractivity contribution in [2.45, 2.75) is 32.4 Å². The summed E-state index contributed by atoms with van der Waals surface area (Å²) in [5.41, 5.74) is 1.14. The second kappa shape index (κ2) is 5.99.